The number of imidazole rings is 1. The fraction of sp³-hybridized carbons (Fsp3) is 0.222. The van der Waals surface area contributed by atoms with Crippen molar-refractivity contribution in [1.82, 2.24) is 19.0 Å². The molecule has 0 bridgehead atoms. The average Bonchev–Trinajstić information content (AvgIpc) is 3.56. The van der Waals surface area contributed by atoms with Crippen LogP contribution in [0.1, 0.15) is 11.1 Å². The van der Waals surface area contributed by atoms with E-state index in [1.54, 1.807) is 11.1 Å². The molecule has 0 aliphatic carbocycles. The van der Waals surface area contributed by atoms with Gasteiger partial charge in [0, 0.05) is 42.9 Å². The maximum absolute atomic E-state index is 12.6. The van der Waals surface area contributed by atoms with Gasteiger partial charge in [0.25, 0.3) is 0 Å². The number of hydrogen-bond acceptors (Lipinski definition) is 5. The SMILES string of the molecule is CN(C)C[C@@H]1CN(c2ccc3c(c2)Cn2cc(-c4ccc(C#N)cc4)cc2-c2nccn2-3)C(=O)O1. The van der Waals surface area contributed by atoms with E-state index < -0.39 is 0 Å². The van der Waals surface area contributed by atoms with E-state index in [1.165, 1.54) is 0 Å². The van der Waals surface area contributed by atoms with Crippen molar-refractivity contribution in [2.24, 2.45) is 0 Å². The predicted octanol–water partition coefficient (Wildman–Crippen LogP) is 4.13. The summed E-state index contributed by atoms with van der Waals surface area (Å²) >= 11 is 0. The molecule has 2 aromatic heterocycles. The summed E-state index contributed by atoms with van der Waals surface area (Å²) in [6.07, 6.45) is 5.44. The molecule has 35 heavy (non-hydrogen) atoms. The summed E-state index contributed by atoms with van der Waals surface area (Å²) in [5, 5.41) is 9.11. The molecule has 6 rings (SSSR count). The minimum absolute atomic E-state index is 0.150. The van der Waals surface area contributed by atoms with Gasteiger partial charge in [-0.15, -0.1) is 0 Å². The quantitative estimate of drug-likeness (QED) is 0.400. The average molecular weight is 465 g/mol. The first-order valence-corrected chi connectivity index (χ1v) is 11.5. The van der Waals surface area contributed by atoms with E-state index in [0.29, 0.717) is 25.2 Å². The third kappa shape index (κ3) is 3.66. The number of anilines is 1. The number of aromatic nitrogens is 3. The number of likely N-dealkylation sites (N-methyl/N-ethyl adjacent to an activating group) is 1. The second kappa shape index (κ2) is 8.15. The van der Waals surface area contributed by atoms with Crippen LogP contribution in [0.4, 0.5) is 10.5 Å². The second-order valence-corrected chi connectivity index (χ2v) is 9.24. The van der Waals surface area contributed by atoms with Gasteiger partial charge in [0.15, 0.2) is 5.82 Å². The molecule has 0 saturated carbocycles. The summed E-state index contributed by atoms with van der Waals surface area (Å²) in [7, 11) is 3.95. The van der Waals surface area contributed by atoms with Crippen LogP contribution in [-0.4, -0.2) is 58.4 Å². The predicted molar refractivity (Wildman–Crippen MR) is 132 cm³/mol. The van der Waals surface area contributed by atoms with Crippen molar-refractivity contribution in [3.63, 3.8) is 0 Å². The van der Waals surface area contributed by atoms with Gasteiger partial charge in [-0.25, -0.2) is 9.78 Å². The van der Waals surface area contributed by atoms with Crippen molar-refractivity contribution in [3.8, 4) is 34.4 Å². The summed E-state index contributed by atoms with van der Waals surface area (Å²) in [5.41, 5.74) is 6.73. The smallest absolute Gasteiger partial charge is 0.414 e. The summed E-state index contributed by atoms with van der Waals surface area (Å²) in [6.45, 7) is 1.86. The van der Waals surface area contributed by atoms with Crippen LogP contribution < -0.4 is 4.90 Å². The molecule has 1 amide bonds. The number of carbonyl (C=O) groups is 1. The monoisotopic (exact) mass is 464 g/mol. The summed E-state index contributed by atoms with van der Waals surface area (Å²) in [5.74, 6) is 0.864. The van der Waals surface area contributed by atoms with Gasteiger partial charge in [-0.05, 0) is 61.6 Å². The van der Waals surface area contributed by atoms with Gasteiger partial charge < -0.3 is 14.2 Å². The van der Waals surface area contributed by atoms with Crippen LogP contribution in [0.3, 0.4) is 0 Å². The van der Waals surface area contributed by atoms with Gasteiger partial charge in [-0.2, -0.15) is 5.26 Å². The Labute approximate surface area is 203 Å². The molecule has 8 heteroatoms. The summed E-state index contributed by atoms with van der Waals surface area (Å²) < 4.78 is 9.87. The highest BCUT2D eigenvalue weighted by atomic mass is 16.6. The van der Waals surface area contributed by atoms with Crippen molar-refractivity contribution < 1.29 is 9.53 Å². The first kappa shape index (κ1) is 21.2. The van der Waals surface area contributed by atoms with Crippen LogP contribution in [0.5, 0.6) is 0 Å². The number of hydrogen-bond donors (Lipinski definition) is 0. The number of ether oxygens (including phenoxy) is 1. The van der Waals surface area contributed by atoms with Crippen LogP contribution in [0.15, 0.2) is 67.1 Å². The maximum atomic E-state index is 12.6. The number of fused-ring (bicyclic) bond motifs is 5. The number of nitriles is 1. The Balaban J connectivity index is 1.38. The lowest BCUT2D eigenvalue weighted by Gasteiger charge is -2.17. The molecule has 0 spiro atoms. The van der Waals surface area contributed by atoms with Crippen molar-refractivity contribution in [2.45, 2.75) is 12.6 Å². The van der Waals surface area contributed by atoms with Crippen LogP contribution >= 0.6 is 0 Å². The van der Waals surface area contributed by atoms with Gasteiger partial charge in [0.2, 0.25) is 0 Å². The highest BCUT2D eigenvalue weighted by Gasteiger charge is 2.33. The Hall–Kier alpha value is -4.35. The number of cyclic esters (lactones) is 1. The molecule has 0 radical (unpaired) electrons. The van der Waals surface area contributed by atoms with E-state index in [1.807, 2.05) is 55.5 Å². The molecule has 4 heterocycles. The minimum Gasteiger partial charge on any atom is -0.443 e. The molecule has 8 nitrogen and oxygen atoms in total. The topological polar surface area (TPSA) is 79.3 Å². The molecule has 2 aliphatic heterocycles. The lowest BCUT2D eigenvalue weighted by Crippen LogP contribution is -2.30. The van der Waals surface area contributed by atoms with Gasteiger partial charge in [0.05, 0.1) is 29.6 Å². The maximum Gasteiger partial charge on any atom is 0.414 e. The molecular formula is C27H24N6O2. The van der Waals surface area contributed by atoms with E-state index in [0.717, 1.165) is 39.6 Å². The molecule has 1 saturated heterocycles. The zero-order chi connectivity index (χ0) is 24.1. The zero-order valence-corrected chi connectivity index (χ0v) is 19.5. The minimum atomic E-state index is -0.307. The molecular weight excluding hydrogens is 440 g/mol. The number of carbonyl (C=O) groups excluding carboxylic acids is 1. The first-order valence-electron chi connectivity index (χ1n) is 11.5. The van der Waals surface area contributed by atoms with Crippen molar-refractivity contribution in [2.75, 3.05) is 32.1 Å². The molecule has 2 aliphatic rings. The molecule has 1 fully saturated rings. The fourth-order valence-corrected chi connectivity index (χ4v) is 4.93. The number of benzene rings is 2. The Bertz CT molecular complexity index is 1470. The second-order valence-electron chi connectivity index (χ2n) is 9.24. The number of rotatable bonds is 4. The zero-order valence-electron chi connectivity index (χ0n) is 19.5. The Kier molecular flexibility index (Phi) is 4.94. The highest BCUT2D eigenvalue weighted by Crippen LogP contribution is 2.35. The lowest BCUT2D eigenvalue weighted by molar-refractivity contribution is 0.123. The van der Waals surface area contributed by atoms with Crippen LogP contribution in [-0.2, 0) is 11.3 Å². The molecule has 0 N–H and O–H groups in total. The van der Waals surface area contributed by atoms with Crippen molar-refractivity contribution in [1.29, 1.82) is 5.26 Å². The lowest BCUT2D eigenvalue weighted by atomic mass is 10.1. The van der Waals surface area contributed by atoms with E-state index in [2.05, 4.69) is 44.6 Å². The first-order chi connectivity index (χ1) is 17.0. The van der Waals surface area contributed by atoms with Crippen LogP contribution in [0.25, 0.3) is 28.3 Å². The number of amides is 1. The van der Waals surface area contributed by atoms with E-state index >= 15 is 0 Å². The third-order valence-corrected chi connectivity index (χ3v) is 6.53. The fourth-order valence-electron chi connectivity index (χ4n) is 4.93. The Morgan fingerprint density at radius 1 is 1.14 bits per heavy atom. The van der Waals surface area contributed by atoms with Crippen LogP contribution in [0, 0.1) is 11.3 Å². The highest BCUT2D eigenvalue weighted by molar-refractivity contribution is 5.90. The van der Waals surface area contributed by atoms with Crippen molar-refractivity contribution in [3.05, 3.63) is 78.2 Å². The van der Waals surface area contributed by atoms with Crippen LogP contribution in [0.2, 0.25) is 0 Å². The molecule has 1 atom stereocenters. The normalized spacial score (nSPS) is 16.3. The molecule has 4 aromatic rings. The van der Waals surface area contributed by atoms with E-state index in [4.69, 9.17) is 10.00 Å². The molecule has 2 aromatic carbocycles. The molecule has 174 valence electrons. The summed E-state index contributed by atoms with van der Waals surface area (Å²) in [6, 6.07) is 18.0. The Morgan fingerprint density at radius 3 is 2.74 bits per heavy atom. The largest absolute Gasteiger partial charge is 0.443 e. The molecule has 0 unspecified atom stereocenters. The van der Waals surface area contributed by atoms with Gasteiger partial charge in [0.1, 0.15) is 6.10 Å². The summed E-state index contributed by atoms with van der Waals surface area (Å²) in [4.78, 5) is 21.0. The van der Waals surface area contributed by atoms with Crippen molar-refractivity contribution >= 4 is 11.8 Å². The van der Waals surface area contributed by atoms with Gasteiger partial charge in [-0.1, -0.05) is 12.1 Å². The van der Waals surface area contributed by atoms with Gasteiger partial charge >= 0.3 is 6.09 Å². The standard InChI is InChI=1S/C27H24N6O2/c1-30(2)16-23-17-33(27(34)35-23)22-7-8-24-21(11-22)15-31-14-20(19-5-3-18(13-28)4-6-19)12-25(31)26-29-9-10-32(24)26/h3-12,14,23H,15-17H2,1-2H3/t23-/m1/s1. The number of nitrogens with zero attached hydrogens (tertiary/aromatic N) is 6. The van der Waals surface area contributed by atoms with Gasteiger partial charge in [-0.3, -0.25) is 9.47 Å². The Morgan fingerprint density at radius 2 is 1.97 bits per heavy atom. The third-order valence-electron chi connectivity index (χ3n) is 6.53. The van der Waals surface area contributed by atoms with E-state index in [9.17, 15) is 4.79 Å². The van der Waals surface area contributed by atoms with E-state index in [-0.39, 0.29) is 12.2 Å².